The molecule has 5 rings (SSSR count). The third kappa shape index (κ3) is 5.31. The minimum absolute atomic E-state index is 0.0659. The molecule has 0 bridgehead atoms. The summed E-state index contributed by atoms with van der Waals surface area (Å²) >= 11 is 6.07. The van der Waals surface area contributed by atoms with E-state index in [4.69, 9.17) is 11.6 Å². The summed E-state index contributed by atoms with van der Waals surface area (Å²) in [7, 11) is 2.05. The molecule has 1 saturated heterocycles. The van der Waals surface area contributed by atoms with E-state index in [9.17, 15) is 0 Å². The highest BCUT2D eigenvalue weighted by Crippen LogP contribution is 2.29. The van der Waals surface area contributed by atoms with Crippen LogP contribution in [-0.2, 0) is 13.0 Å². The molecule has 0 radical (unpaired) electrons. The van der Waals surface area contributed by atoms with Crippen molar-refractivity contribution in [3.05, 3.63) is 64.9 Å². The molecule has 1 aliphatic carbocycles. The molecular weight excluding hydrogens is 434 g/mol. The first-order valence-corrected chi connectivity index (χ1v) is 12.6. The molecule has 0 amide bonds. The van der Waals surface area contributed by atoms with Crippen molar-refractivity contribution in [3.63, 3.8) is 0 Å². The van der Waals surface area contributed by atoms with Crippen LogP contribution in [0.2, 0.25) is 5.15 Å². The molecule has 8 heteroatoms. The van der Waals surface area contributed by atoms with Crippen LogP contribution in [-0.4, -0.2) is 76.3 Å². The van der Waals surface area contributed by atoms with Crippen molar-refractivity contribution < 1.29 is 0 Å². The van der Waals surface area contributed by atoms with E-state index in [-0.39, 0.29) is 12.2 Å². The van der Waals surface area contributed by atoms with Gasteiger partial charge in [0.25, 0.3) is 0 Å². The van der Waals surface area contributed by atoms with Crippen LogP contribution < -0.4 is 0 Å². The Labute approximate surface area is 202 Å². The number of pyridine rings is 1. The molecule has 2 aromatic rings. The Bertz CT molecular complexity index is 918. The van der Waals surface area contributed by atoms with E-state index in [1.165, 1.54) is 43.4 Å². The highest BCUT2D eigenvalue weighted by Gasteiger charge is 2.39. The highest BCUT2D eigenvalue weighted by molar-refractivity contribution is 6.29. The molecule has 1 aromatic carbocycles. The predicted octanol–water partition coefficient (Wildman–Crippen LogP) is 4.26. The summed E-state index contributed by atoms with van der Waals surface area (Å²) in [4.78, 5) is 9.74. The lowest BCUT2D eigenvalue weighted by atomic mass is 9.91. The van der Waals surface area contributed by atoms with Gasteiger partial charge in [-0.05, 0) is 56.0 Å². The number of likely N-dealkylation sites (N-methyl/N-ethyl adjacent to an activating group) is 1. The number of halogens is 1. The average molecular weight is 468 g/mol. The van der Waals surface area contributed by atoms with E-state index in [2.05, 4.69) is 66.6 Å². The van der Waals surface area contributed by atoms with Gasteiger partial charge in [-0.15, -0.1) is 0 Å². The van der Waals surface area contributed by atoms with Crippen molar-refractivity contribution in [2.24, 2.45) is 10.4 Å². The van der Waals surface area contributed by atoms with Crippen LogP contribution in [0, 0.1) is 0 Å². The number of benzene rings is 1. The Kier molecular flexibility index (Phi) is 7.09. The van der Waals surface area contributed by atoms with Crippen LogP contribution in [0.4, 0.5) is 0 Å². The van der Waals surface area contributed by atoms with Crippen LogP contribution in [0.25, 0.3) is 0 Å². The Morgan fingerprint density at radius 1 is 0.939 bits per heavy atom. The monoisotopic (exact) mass is 467 g/mol. The largest absolute Gasteiger partial charge is 0.299 e. The Balaban J connectivity index is 1.37. The second-order valence-corrected chi connectivity index (χ2v) is 9.91. The first-order chi connectivity index (χ1) is 16.2. The van der Waals surface area contributed by atoms with Gasteiger partial charge in [-0.25, -0.2) is 9.99 Å². The number of hydrogen-bond acceptors (Lipinski definition) is 7. The number of rotatable bonds is 7. The van der Waals surface area contributed by atoms with Gasteiger partial charge in [0.15, 0.2) is 6.17 Å². The van der Waals surface area contributed by atoms with Crippen LogP contribution >= 0.6 is 11.6 Å². The van der Waals surface area contributed by atoms with Crippen LogP contribution in [0.15, 0.2) is 59.1 Å². The third-order valence-electron chi connectivity index (χ3n) is 7.37. The second-order valence-electron chi connectivity index (χ2n) is 9.52. The Hall–Kier alpha value is -2.22. The van der Waals surface area contributed by atoms with E-state index in [0.717, 1.165) is 38.6 Å². The van der Waals surface area contributed by atoms with E-state index < -0.39 is 0 Å². The maximum atomic E-state index is 6.07. The molecule has 2 fully saturated rings. The summed E-state index contributed by atoms with van der Waals surface area (Å²) < 4.78 is 0. The number of nitrogens with zero attached hydrogens (tertiary/aromatic N) is 7. The van der Waals surface area contributed by atoms with Crippen LogP contribution in [0.3, 0.4) is 0 Å². The lowest BCUT2D eigenvalue weighted by Crippen LogP contribution is -2.55. The first-order valence-electron chi connectivity index (χ1n) is 12.2. The lowest BCUT2D eigenvalue weighted by molar-refractivity contribution is 0.0219. The fourth-order valence-electron chi connectivity index (χ4n) is 5.35. The van der Waals surface area contributed by atoms with E-state index in [1.807, 2.05) is 24.3 Å². The standard InChI is InChI=1S/C25H34ClN7/c1-30-25(33(29-28-30)19-20-7-3-2-4-8-20)23(17-21-11-12-24(26)27-18-21)32-14-6-13-31(15-16-32)22-9-5-10-22/h2-4,7-8,11-12,18,22-23,25H,5-6,9-10,13-17,19H2,1H3. The molecule has 7 nitrogen and oxygen atoms in total. The molecule has 1 saturated carbocycles. The zero-order valence-electron chi connectivity index (χ0n) is 19.4. The summed E-state index contributed by atoms with van der Waals surface area (Å²) in [6.45, 7) is 5.27. The molecule has 0 spiro atoms. The summed E-state index contributed by atoms with van der Waals surface area (Å²) in [6, 6.07) is 15.6. The van der Waals surface area contributed by atoms with Crippen molar-refractivity contribution in [2.75, 3.05) is 33.2 Å². The first kappa shape index (κ1) is 22.6. The zero-order chi connectivity index (χ0) is 22.6. The predicted molar refractivity (Wildman–Crippen MR) is 131 cm³/mol. The van der Waals surface area contributed by atoms with E-state index in [1.54, 1.807) is 0 Å². The SMILES string of the molecule is CN1N=NN(Cc2ccccc2)C1C(Cc1ccc(Cl)nc1)N1CCCN(C2CCC2)CC1. The third-order valence-corrected chi connectivity index (χ3v) is 7.60. The molecule has 2 unspecified atom stereocenters. The molecule has 2 aliphatic heterocycles. The van der Waals surface area contributed by atoms with Crippen molar-refractivity contribution in [1.82, 2.24) is 24.8 Å². The van der Waals surface area contributed by atoms with Gasteiger partial charge in [0.2, 0.25) is 0 Å². The molecular formula is C25H34ClN7. The van der Waals surface area contributed by atoms with Crippen molar-refractivity contribution in [2.45, 2.75) is 56.9 Å². The Morgan fingerprint density at radius 3 is 2.52 bits per heavy atom. The lowest BCUT2D eigenvalue weighted by Gasteiger charge is -2.40. The molecule has 33 heavy (non-hydrogen) atoms. The van der Waals surface area contributed by atoms with Crippen molar-refractivity contribution in [3.8, 4) is 0 Å². The fourth-order valence-corrected chi connectivity index (χ4v) is 5.47. The van der Waals surface area contributed by atoms with Gasteiger partial charge in [-0.3, -0.25) is 14.8 Å². The molecule has 0 N–H and O–H groups in total. The normalized spacial score (nSPS) is 23.5. The molecule has 3 heterocycles. The summed E-state index contributed by atoms with van der Waals surface area (Å²) in [6.07, 6.45) is 8.20. The fraction of sp³-hybridized carbons (Fsp3) is 0.560. The van der Waals surface area contributed by atoms with Gasteiger partial charge in [0.05, 0.1) is 12.6 Å². The number of aromatic nitrogens is 1. The van der Waals surface area contributed by atoms with E-state index >= 15 is 0 Å². The Morgan fingerprint density at radius 2 is 1.79 bits per heavy atom. The maximum absolute atomic E-state index is 6.07. The number of hydrogen-bond donors (Lipinski definition) is 0. The van der Waals surface area contributed by atoms with Crippen LogP contribution in [0.5, 0.6) is 0 Å². The zero-order valence-corrected chi connectivity index (χ0v) is 20.2. The molecule has 2 atom stereocenters. The van der Waals surface area contributed by atoms with Gasteiger partial charge in [0.1, 0.15) is 5.15 Å². The van der Waals surface area contributed by atoms with E-state index in [0.29, 0.717) is 5.15 Å². The van der Waals surface area contributed by atoms with Crippen LogP contribution in [0.1, 0.15) is 36.8 Å². The van der Waals surface area contributed by atoms with Crippen molar-refractivity contribution in [1.29, 1.82) is 0 Å². The smallest absolute Gasteiger partial charge is 0.153 e. The van der Waals surface area contributed by atoms with Gasteiger partial charge >= 0.3 is 0 Å². The quantitative estimate of drug-likeness (QED) is 0.569. The van der Waals surface area contributed by atoms with Gasteiger partial charge in [-0.1, -0.05) is 64.9 Å². The second kappa shape index (κ2) is 10.4. The minimum atomic E-state index is 0.0659. The summed E-state index contributed by atoms with van der Waals surface area (Å²) in [5.41, 5.74) is 2.44. The maximum Gasteiger partial charge on any atom is 0.153 e. The molecule has 3 aliphatic rings. The minimum Gasteiger partial charge on any atom is -0.299 e. The van der Waals surface area contributed by atoms with Crippen molar-refractivity contribution >= 4 is 11.6 Å². The van der Waals surface area contributed by atoms with Gasteiger partial charge in [-0.2, -0.15) is 0 Å². The molecule has 1 aromatic heterocycles. The highest BCUT2D eigenvalue weighted by atomic mass is 35.5. The topological polar surface area (TPSA) is 50.6 Å². The van der Waals surface area contributed by atoms with Gasteiger partial charge in [0, 0.05) is 32.4 Å². The summed E-state index contributed by atoms with van der Waals surface area (Å²) in [5.74, 6) is 0. The summed E-state index contributed by atoms with van der Waals surface area (Å²) in [5, 5.41) is 13.8. The average Bonchev–Trinajstić information content (AvgIpc) is 2.99. The molecule has 176 valence electrons. The van der Waals surface area contributed by atoms with Gasteiger partial charge < -0.3 is 0 Å².